The molecule has 0 bridgehead atoms. The van der Waals surface area contributed by atoms with Crippen molar-refractivity contribution in [1.82, 2.24) is 9.78 Å². The number of anilines is 1. The van der Waals surface area contributed by atoms with Crippen molar-refractivity contribution in [2.24, 2.45) is 7.05 Å². The average Bonchev–Trinajstić information content (AvgIpc) is 2.71. The van der Waals surface area contributed by atoms with Crippen LogP contribution in [0.25, 0.3) is 0 Å². The van der Waals surface area contributed by atoms with E-state index in [1.54, 1.807) is 14.0 Å². The number of alkyl halides is 3. The van der Waals surface area contributed by atoms with Gasteiger partial charge in [-0.2, -0.15) is 5.10 Å². The molecule has 0 saturated heterocycles. The number of rotatable bonds is 4. The first-order valence-corrected chi connectivity index (χ1v) is 7.44. The Labute approximate surface area is 124 Å². The maximum Gasteiger partial charge on any atom is 0.573 e. The Morgan fingerprint density at radius 1 is 1.23 bits per heavy atom. The van der Waals surface area contributed by atoms with Gasteiger partial charge in [-0.1, -0.05) is 0 Å². The zero-order chi connectivity index (χ0) is 16.5. The number of hydrogen-bond acceptors (Lipinski definition) is 4. The van der Waals surface area contributed by atoms with Gasteiger partial charge in [-0.15, -0.1) is 13.2 Å². The Hall–Kier alpha value is -2.23. The molecule has 0 amide bonds. The van der Waals surface area contributed by atoms with Crippen LogP contribution < -0.4 is 9.46 Å². The number of nitrogens with one attached hydrogen (secondary N) is 1. The molecular formula is C12H12F3N3O3S. The van der Waals surface area contributed by atoms with Gasteiger partial charge < -0.3 is 4.74 Å². The number of sulfonamides is 1. The molecule has 0 aliphatic heterocycles. The second-order valence-corrected chi connectivity index (χ2v) is 6.05. The lowest BCUT2D eigenvalue weighted by Crippen LogP contribution is -2.17. The van der Waals surface area contributed by atoms with E-state index in [9.17, 15) is 21.6 Å². The SMILES string of the molecule is Cc1c(S(=O)(=O)Nc2ccc(OC(F)(F)F)cc2)cnn1C. The fourth-order valence-electron chi connectivity index (χ4n) is 1.68. The standard InChI is InChI=1S/C12H12F3N3O3S/c1-8-11(7-16-18(8)2)22(19,20)17-9-3-5-10(6-4-9)21-12(13,14)15/h3-7,17H,1-2H3. The van der Waals surface area contributed by atoms with E-state index >= 15 is 0 Å². The predicted octanol–water partition coefficient (Wildman–Crippen LogP) is 2.43. The average molecular weight is 335 g/mol. The van der Waals surface area contributed by atoms with Crippen LogP contribution in [0.1, 0.15) is 5.69 Å². The summed E-state index contributed by atoms with van der Waals surface area (Å²) in [7, 11) is -2.27. The van der Waals surface area contributed by atoms with Crippen molar-refractivity contribution >= 4 is 15.7 Å². The highest BCUT2D eigenvalue weighted by Gasteiger charge is 2.31. The summed E-state index contributed by atoms with van der Waals surface area (Å²) in [6.07, 6.45) is -3.60. The highest BCUT2D eigenvalue weighted by molar-refractivity contribution is 7.92. The van der Waals surface area contributed by atoms with Gasteiger partial charge in [0.2, 0.25) is 0 Å². The molecule has 0 fully saturated rings. The minimum absolute atomic E-state index is 0.00869. The predicted molar refractivity (Wildman–Crippen MR) is 71.9 cm³/mol. The van der Waals surface area contributed by atoms with Crippen LogP contribution in [0, 0.1) is 6.92 Å². The molecule has 22 heavy (non-hydrogen) atoms. The van der Waals surface area contributed by atoms with Crippen LogP contribution in [-0.2, 0) is 17.1 Å². The molecule has 1 aromatic carbocycles. The van der Waals surface area contributed by atoms with E-state index in [4.69, 9.17) is 0 Å². The zero-order valence-electron chi connectivity index (χ0n) is 11.5. The Morgan fingerprint density at radius 3 is 2.27 bits per heavy atom. The van der Waals surface area contributed by atoms with Gasteiger partial charge in [0.1, 0.15) is 10.6 Å². The molecule has 0 atom stereocenters. The van der Waals surface area contributed by atoms with Gasteiger partial charge in [0.25, 0.3) is 10.0 Å². The van der Waals surface area contributed by atoms with E-state index in [2.05, 4.69) is 14.6 Å². The zero-order valence-corrected chi connectivity index (χ0v) is 12.4. The van der Waals surface area contributed by atoms with Gasteiger partial charge >= 0.3 is 6.36 Å². The fraction of sp³-hybridized carbons (Fsp3) is 0.250. The van der Waals surface area contributed by atoms with Crippen molar-refractivity contribution in [3.05, 3.63) is 36.2 Å². The number of ether oxygens (including phenoxy) is 1. The Bertz CT molecular complexity index is 767. The molecule has 6 nitrogen and oxygen atoms in total. The van der Waals surface area contributed by atoms with Crippen molar-refractivity contribution in [2.45, 2.75) is 18.2 Å². The first-order valence-electron chi connectivity index (χ1n) is 5.96. The monoisotopic (exact) mass is 335 g/mol. The number of nitrogens with zero attached hydrogens (tertiary/aromatic N) is 2. The molecule has 1 heterocycles. The number of aryl methyl sites for hydroxylation is 1. The van der Waals surface area contributed by atoms with E-state index < -0.39 is 22.1 Å². The summed E-state index contributed by atoms with van der Waals surface area (Å²) in [6.45, 7) is 1.59. The van der Waals surface area contributed by atoms with Crippen LogP contribution in [0.15, 0.2) is 35.4 Å². The van der Waals surface area contributed by atoms with E-state index in [0.717, 1.165) is 12.1 Å². The van der Waals surface area contributed by atoms with Crippen LogP contribution in [0.3, 0.4) is 0 Å². The lowest BCUT2D eigenvalue weighted by Gasteiger charge is -2.10. The topological polar surface area (TPSA) is 73.2 Å². The van der Waals surface area contributed by atoms with Crippen LogP contribution >= 0.6 is 0 Å². The molecule has 0 saturated carbocycles. The minimum atomic E-state index is -4.80. The summed E-state index contributed by atoms with van der Waals surface area (Å²) in [5.41, 5.74) is 0.544. The van der Waals surface area contributed by atoms with Crippen molar-refractivity contribution in [1.29, 1.82) is 0 Å². The van der Waals surface area contributed by atoms with Crippen molar-refractivity contribution in [3.63, 3.8) is 0 Å². The summed E-state index contributed by atoms with van der Waals surface area (Å²) in [5.74, 6) is -0.437. The summed E-state index contributed by atoms with van der Waals surface area (Å²) >= 11 is 0. The lowest BCUT2D eigenvalue weighted by atomic mass is 10.3. The van der Waals surface area contributed by atoms with Gasteiger partial charge in [0.15, 0.2) is 0 Å². The van der Waals surface area contributed by atoms with Crippen LogP contribution in [0.2, 0.25) is 0 Å². The van der Waals surface area contributed by atoms with Crippen LogP contribution in [0.4, 0.5) is 18.9 Å². The molecule has 2 rings (SSSR count). The summed E-state index contributed by atoms with van der Waals surface area (Å²) in [6, 6.07) is 4.37. The van der Waals surface area contributed by atoms with E-state index in [0.29, 0.717) is 5.69 Å². The maximum atomic E-state index is 12.2. The second-order valence-electron chi connectivity index (χ2n) is 4.40. The van der Waals surface area contributed by atoms with E-state index in [1.807, 2.05) is 0 Å². The normalized spacial score (nSPS) is 12.2. The Morgan fingerprint density at radius 2 is 1.82 bits per heavy atom. The number of hydrogen-bond donors (Lipinski definition) is 1. The van der Waals surface area contributed by atoms with Gasteiger partial charge in [-0.05, 0) is 31.2 Å². The van der Waals surface area contributed by atoms with Gasteiger partial charge in [0, 0.05) is 12.7 Å². The quantitative estimate of drug-likeness (QED) is 0.931. The third-order valence-corrected chi connectivity index (χ3v) is 4.30. The number of aromatic nitrogens is 2. The minimum Gasteiger partial charge on any atom is -0.406 e. The van der Waals surface area contributed by atoms with Crippen molar-refractivity contribution in [3.8, 4) is 5.75 Å². The molecule has 0 aliphatic carbocycles. The molecule has 1 aromatic heterocycles. The molecule has 10 heteroatoms. The number of benzene rings is 1. The van der Waals surface area contributed by atoms with E-state index in [-0.39, 0.29) is 10.6 Å². The molecule has 0 spiro atoms. The molecule has 0 aliphatic rings. The molecule has 0 unspecified atom stereocenters. The summed E-state index contributed by atoms with van der Waals surface area (Å²) < 4.78 is 67.8. The molecule has 2 aromatic rings. The van der Waals surface area contributed by atoms with Crippen LogP contribution in [0.5, 0.6) is 5.75 Å². The molecule has 1 N–H and O–H groups in total. The first-order chi connectivity index (χ1) is 10.1. The molecule has 120 valence electrons. The third kappa shape index (κ3) is 3.70. The highest BCUT2D eigenvalue weighted by atomic mass is 32.2. The number of halogens is 3. The fourth-order valence-corrected chi connectivity index (χ4v) is 2.94. The van der Waals surface area contributed by atoms with Gasteiger partial charge in [-0.25, -0.2) is 8.42 Å². The van der Waals surface area contributed by atoms with Gasteiger partial charge in [0.05, 0.1) is 11.9 Å². The lowest BCUT2D eigenvalue weighted by molar-refractivity contribution is -0.274. The molecular weight excluding hydrogens is 323 g/mol. The van der Waals surface area contributed by atoms with Crippen molar-refractivity contribution in [2.75, 3.05) is 4.72 Å². The molecule has 0 radical (unpaired) electrons. The van der Waals surface area contributed by atoms with Crippen molar-refractivity contribution < 1.29 is 26.3 Å². The van der Waals surface area contributed by atoms with E-state index in [1.165, 1.54) is 23.0 Å². The summed E-state index contributed by atoms with van der Waals surface area (Å²) in [4.78, 5) is -0.00869. The Balaban J connectivity index is 2.18. The largest absolute Gasteiger partial charge is 0.573 e. The smallest absolute Gasteiger partial charge is 0.406 e. The van der Waals surface area contributed by atoms with Gasteiger partial charge in [-0.3, -0.25) is 9.40 Å². The van der Waals surface area contributed by atoms with Crippen LogP contribution in [-0.4, -0.2) is 24.6 Å². The third-order valence-electron chi connectivity index (χ3n) is 2.82. The maximum absolute atomic E-state index is 12.2. The highest BCUT2D eigenvalue weighted by Crippen LogP contribution is 2.25. The Kier molecular flexibility index (Phi) is 4.05. The first kappa shape index (κ1) is 16.1. The second kappa shape index (κ2) is 5.52. The summed E-state index contributed by atoms with van der Waals surface area (Å²) in [5, 5.41) is 3.83.